The molecule has 0 bridgehead atoms. The molecule has 0 saturated carbocycles. The third-order valence-electron chi connectivity index (χ3n) is 9.95. The number of nitrogens with one attached hydrogen (secondary N) is 1. The summed E-state index contributed by atoms with van der Waals surface area (Å²) in [7, 11) is -2.33. The number of piperazine rings is 1. The zero-order chi connectivity index (χ0) is 36.5. The van der Waals surface area contributed by atoms with Gasteiger partial charge in [0.15, 0.2) is 17.0 Å². The molecule has 2 amide bonds. The number of nitrogens with zero attached hydrogens (tertiary/aromatic N) is 5. The van der Waals surface area contributed by atoms with Crippen LogP contribution in [0.4, 0.5) is 14.5 Å². The van der Waals surface area contributed by atoms with Crippen LogP contribution in [0.3, 0.4) is 0 Å². The van der Waals surface area contributed by atoms with E-state index in [0.717, 1.165) is 32.5 Å². The maximum atomic E-state index is 15.3. The molecule has 1 atom stereocenters. The van der Waals surface area contributed by atoms with E-state index in [9.17, 15) is 13.2 Å². The summed E-state index contributed by atoms with van der Waals surface area (Å²) in [5.74, 6) is -5.14. The fourth-order valence-electron chi connectivity index (χ4n) is 7.26. The number of amides is 2. The fraction of sp³-hybridized carbons (Fsp3) is 0.457. The average Bonchev–Trinajstić information content (AvgIpc) is 3.39. The molecule has 13 nitrogen and oxygen atoms in total. The van der Waals surface area contributed by atoms with Crippen LogP contribution in [0.5, 0.6) is 17.4 Å². The second-order valence-corrected chi connectivity index (χ2v) is 14.3. The van der Waals surface area contributed by atoms with Crippen molar-refractivity contribution in [2.75, 3.05) is 70.9 Å². The molecule has 3 aliphatic rings. The van der Waals surface area contributed by atoms with E-state index in [-0.39, 0.29) is 29.5 Å². The van der Waals surface area contributed by atoms with Gasteiger partial charge < -0.3 is 19.1 Å². The zero-order valence-corrected chi connectivity index (χ0v) is 29.8. The van der Waals surface area contributed by atoms with Crippen LogP contribution in [0, 0.1) is 11.6 Å². The van der Waals surface area contributed by atoms with E-state index >= 15 is 13.6 Å². The molecule has 1 unspecified atom stereocenters. The maximum Gasteiger partial charge on any atom is 0.274 e. The van der Waals surface area contributed by atoms with E-state index in [2.05, 4.69) is 27.1 Å². The number of ether oxygens (including phenoxy) is 3. The molecule has 51 heavy (non-hydrogen) atoms. The van der Waals surface area contributed by atoms with Gasteiger partial charge in [0.05, 0.1) is 26.5 Å². The first-order chi connectivity index (χ1) is 24.5. The van der Waals surface area contributed by atoms with Crippen molar-refractivity contribution in [1.82, 2.24) is 25.2 Å². The third-order valence-corrected chi connectivity index (χ3v) is 11.7. The first kappa shape index (κ1) is 36.4. The van der Waals surface area contributed by atoms with Gasteiger partial charge in [-0.1, -0.05) is 13.0 Å². The van der Waals surface area contributed by atoms with Gasteiger partial charge in [-0.05, 0) is 63.7 Å². The molecule has 16 heteroatoms. The number of likely N-dealkylation sites (tertiary alicyclic amines) is 1. The standard InChI is InChI=1S/C35H42F2N6O7S/c1-5-40-14-11-23(12-15-40)41-16-18-42(19-17-41)39-33(44)35(25-8-7-13-38-32(25)50-6-2)26-21-27(36)28(37)22-29(26)43(34(35)45)51(46,47)31-10-9-24(48-3)20-30(31)49-4/h7-10,13,20-23H,5-6,11-12,14-19H2,1-4H3,(H,39,44). The van der Waals surface area contributed by atoms with Gasteiger partial charge in [0.2, 0.25) is 5.88 Å². The number of piperidine rings is 1. The molecule has 1 N–H and O–H groups in total. The summed E-state index contributed by atoms with van der Waals surface area (Å²) >= 11 is 0. The Morgan fingerprint density at radius 1 is 0.961 bits per heavy atom. The van der Waals surface area contributed by atoms with Crippen LogP contribution < -0.4 is 23.9 Å². The van der Waals surface area contributed by atoms with Crippen molar-refractivity contribution >= 4 is 27.5 Å². The van der Waals surface area contributed by atoms with Gasteiger partial charge in [-0.3, -0.25) is 19.9 Å². The number of pyridine rings is 1. The number of rotatable bonds is 11. The van der Waals surface area contributed by atoms with E-state index in [1.165, 1.54) is 50.7 Å². The molecule has 3 aliphatic heterocycles. The van der Waals surface area contributed by atoms with Gasteiger partial charge >= 0.3 is 0 Å². The molecule has 2 aromatic carbocycles. The minimum atomic E-state index is -4.95. The minimum Gasteiger partial charge on any atom is -0.497 e. The Labute approximate surface area is 296 Å². The number of carbonyl (C=O) groups excluding carboxylic acids is 2. The molecule has 6 rings (SSSR count). The highest BCUT2D eigenvalue weighted by atomic mass is 32.2. The van der Waals surface area contributed by atoms with Gasteiger partial charge in [-0.15, -0.1) is 0 Å². The SMILES string of the molecule is CCOc1ncccc1C1(C(=O)NN2CCN(C3CCN(CC)CC3)CC2)C(=O)N(S(=O)(=O)c2ccc(OC)cc2OC)c2cc(F)c(F)cc21. The molecular formula is C35H42F2N6O7S. The van der Waals surface area contributed by atoms with E-state index in [1.807, 2.05) is 0 Å². The summed E-state index contributed by atoms with van der Waals surface area (Å²) in [6.07, 6.45) is 3.47. The van der Waals surface area contributed by atoms with Gasteiger partial charge in [0, 0.05) is 61.7 Å². The smallest absolute Gasteiger partial charge is 0.274 e. The number of benzene rings is 2. The van der Waals surface area contributed by atoms with E-state index in [1.54, 1.807) is 11.9 Å². The summed E-state index contributed by atoms with van der Waals surface area (Å²) in [5, 5.41) is 1.66. The Morgan fingerprint density at radius 2 is 1.67 bits per heavy atom. The van der Waals surface area contributed by atoms with E-state index < -0.39 is 55.0 Å². The van der Waals surface area contributed by atoms with Crippen molar-refractivity contribution in [3.63, 3.8) is 0 Å². The summed E-state index contributed by atoms with van der Waals surface area (Å²) < 4.78 is 76.0. The highest BCUT2D eigenvalue weighted by Crippen LogP contribution is 2.51. The van der Waals surface area contributed by atoms with Crippen LogP contribution in [0.2, 0.25) is 0 Å². The molecular weight excluding hydrogens is 686 g/mol. The molecule has 0 spiro atoms. The Morgan fingerprint density at radius 3 is 2.31 bits per heavy atom. The lowest BCUT2D eigenvalue weighted by Crippen LogP contribution is -2.61. The minimum absolute atomic E-state index is 0.0741. The first-order valence-electron chi connectivity index (χ1n) is 16.9. The van der Waals surface area contributed by atoms with Crippen molar-refractivity contribution in [2.45, 2.75) is 43.0 Å². The molecule has 0 aliphatic carbocycles. The summed E-state index contributed by atoms with van der Waals surface area (Å²) in [6, 6.07) is 8.37. The fourth-order valence-corrected chi connectivity index (χ4v) is 8.86. The summed E-state index contributed by atoms with van der Waals surface area (Å²) in [5.41, 5.74) is -0.800. The number of methoxy groups -OCH3 is 2. The number of sulfonamides is 1. The Bertz CT molecular complexity index is 1900. The Kier molecular flexibility index (Phi) is 10.5. The predicted molar refractivity (Wildman–Crippen MR) is 183 cm³/mol. The normalized spacial score (nSPS) is 20.7. The van der Waals surface area contributed by atoms with Gasteiger partial charge in [-0.25, -0.2) is 31.5 Å². The number of hydrogen-bond acceptors (Lipinski definition) is 11. The predicted octanol–water partition coefficient (Wildman–Crippen LogP) is 2.93. The molecule has 4 heterocycles. The lowest BCUT2D eigenvalue weighted by atomic mass is 9.74. The molecule has 2 fully saturated rings. The van der Waals surface area contributed by atoms with Crippen molar-refractivity contribution in [3.8, 4) is 17.4 Å². The van der Waals surface area contributed by atoms with Gasteiger partial charge in [0.1, 0.15) is 16.4 Å². The Hall–Kier alpha value is -4.38. The second kappa shape index (κ2) is 14.7. The summed E-state index contributed by atoms with van der Waals surface area (Å²) in [6.45, 7) is 9.06. The quantitative estimate of drug-likeness (QED) is 0.293. The number of hydrogen-bond donors (Lipinski definition) is 1. The Balaban J connectivity index is 1.44. The lowest BCUT2D eigenvalue weighted by Gasteiger charge is -2.43. The highest BCUT2D eigenvalue weighted by molar-refractivity contribution is 7.93. The van der Waals surface area contributed by atoms with Crippen molar-refractivity contribution in [1.29, 1.82) is 0 Å². The summed E-state index contributed by atoms with van der Waals surface area (Å²) in [4.78, 5) is 38.5. The number of hydrazine groups is 1. The first-order valence-corrected chi connectivity index (χ1v) is 18.4. The van der Waals surface area contributed by atoms with Crippen molar-refractivity contribution in [2.24, 2.45) is 0 Å². The van der Waals surface area contributed by atoms with Crippen LogP contribution in [-0.4, -0.2) is 113 Å². The van der Waals surface area contributed by atoms with Crippen LogP contribution in [0.25, 0.3) is 0 Å². The number of anilines is 1. The zero-order valence-electron chi connectivity index (χ0n) is 29.0. The topological polar surface area (TPSA) is 134 Å². The number of fused-ring (bicyclic) bond motifs is 1. The van der Waals surface area contributed by atoms with Crippen LogP contribution in [0.15, 0.2) is 53.6 Å². The van der Waals surface area contributed by atoms with E-state index in [4.69, 9.17) is 14.2 Å². The van der Waals surface area contributed by atoms with Crippen molar-refractivity contribution < 1.29 is 41.0 Å². The molecule has 274 valence electrons. The molecule has 2 saturated heterocycles. The molecule has 1 aromatic heterocycles. The molecule has 0 radical (unpaired) electrons. The van der Waals surface area contributed by atoms with E-state index in [0.29, 0.717) is 48.7 Å². The van der Waals surface area contributed by atoms with Crippen molar-refractivity contribution in [3.05, 3.63) is 71.4 Å². The third kappa shape index (κ3) is 6.38. The van der Waals surface area contributed by atoms with Crippen LogP contribution in [0.1, 0.15) is 37.8 Å². The average molecular weight is 729 g/mol. The van der Waals surface area contributed by atoms with Crippen LogP contribution in [-0.2, 0) is 25.0 Å². The van der Waals surface area contributed by atoms with Crippen LogP contribution >= 0.6 is 0 Å². The lowest BCUT2D eigenvalue weighted by molar-refractivity contribution is -0.137. The maximum absolute atomic E-state index is 15.3. The number of carbonyl (C=O) groups is 2. The van der Waals surface area contributed by atoms with Gasteiger partial charge in [-0.2, -0.15) is 0 Å². The number of aromatic nitrogens is 1. The second-order valence-electron chi connectivity index (χ2n) is 12.5. The van der Waals surface area contributed by atoms with Gasteiger partial charge in [0.25, 0.3) is 21.8 Å². The monoisotopic (exact) mass is 728 g/mol. The molecule has 3 aromatic rings. The largest absolute Gasteiger partial charge is 0.497 e. The number of halogens is 2. The highest BCUT2D eigenvalue weighted by Gasteiger charge is 2.63.